The first-order valence-corrected chi connectivity index (χ1v) is 8.64. The Morgan fingerprint density at radius 1 is 1.26 bits per heavy atom. The van der Waals surface area contributed by atoms with Gasteiger partial charge < -0.3 is 19.7 Å². The molecule has 2 heterocycles. The Hall–Kier alpha value is -1.75. The van der Waals surface area contributed by atoms with Crippen LogP contribution in [0.4, 0.5) is 0 Å². The average Bonchev–Trinajstić information content (AvgIpc) is 2.56. The number of likely N-dealkylation sites (tertiary alicyclic amines) is 1. The number of carbonyl (C=O) groups excluding carboxylic acids is 1. The van der Waals surface area contributed by atoms with E-state index in [0.717, 1.165) is 36.1 Å². The molecule has 0 spiro atoms. The molecule has 0 unspecified atom stereocenters. The second-order valence-corrected chi connectivity index (χ2v) is 6.80. The van der Waals surface area contributed by atoms with Crippen LogP contribution in [0.25, 0.3) is 0 Å². The Balaban J connectivity index is 1.54. The molecule has 5 nitrogen and oxygen atoms in total. The van der Waals surface area contributed by atoms with Crippen molar-refractivity contribution in [2.75, 3.05) is 32.8 Å². The van der Waals surface area contributed by atoms with E-state index < -0.39 is 0 Å². The summed E-state index contributed by atoms with van der Waals surface area (Å²) < 4.78 is 11.1. The Kier molecular flexibility index (Phi) is 5.06. The maximum absolute atomic E-state index is 12.3. The largest absolute Gasteiger partial charge is 0.486 e. The van der Waals surface area contributed by atoms with Crippen molar-refractivity contribution < 1.29 is 19.2 Å². The van der Waals surface area contributed by atoms with E-state index in [0.29, 0.717) is 19.8 Å². The van der Waals surface area contributed by atoms with Crippen LogP contribution in [0.5, 0.6) is 11.5 Å². The van der Waals surface area contributed by atoms with Crippen LogP contribution in [0.15, 0.2) is 18.2 Å². The maximum atomic E-state index is 12.3. The molecule has 2 aliphatic heterocycles. The molecule has 2 aliphatic rings. The molecule has 0 aromatic heterocycles. The molecule has 1 atom stereocenters. The number of fused-ring (bicyclic) bond motifs is 1. The summed E-state index contributed by atoms with van der Waals surface area (Å²) in [4.78, 5) is 13.7. The first-order chi connectivity index (χ1) is 11.1. The average molecular weight is 319 g/mol. The van der Waals surface area contributed by atoms with Gasteiger partial charge in [0.15, 0.2) is 18.0 Å². The van der Waals surface area contributed by atoms with Crippen LogP contribution in [0.3, 0.4) is 0 Å². The Morgan fingerprint density at radius 2 is 1.96 bits per heavy atom. The molecule has 3 rings (SSSR count). The van der Waals surface area contributed by atoms with E-state index in [-0.39, 0.29) is 11.9 Å². The van der Waals surface area contributed by atoms with Crippen LogP contribution in [0, 0.1) is 5.92 Å². The minimum absolute atomic E-state index is 0.0264. The summed E-state index contributed by atoms with van der Waals surface area (Å²) in [6.07, 6.45) is 2.45. The Bertz CT molecular complexity index is 553. The van der Waals surface area contributed by atoms with Gasteiger partial charge in [0, 0.05) is 0 Å². The molecule has 1 aromatic rings. The summed E-state index contributed by atoms with van der Waals surface area (Å²) in [5, 5.41) is 3.11. The van der Waals surface area contributed by atoms with E-state index in [2.05, 4.69) is 12.2 Å². The summed E-state index contributed by atoms with van der Waals surface area (Å²) in [5.41, 5.74) is 1.05. The van der Waals surface area contributed by atoms with Crippen molar-refractivity contribution in [3.8, 4) is 11.5 Å². The summed E-state index contributed by atoms with van der Waals surface area (Å²) in [6.45, 7) is 8.25. The third-order valence-electron chi connectivity index (χ3n) is 4.84. The summed E-state index contributed by atoms with van der Waals surface area (Å²) in [7, 11) is 0. The van der Waals surface area contributed by atoms with Crippen molar-refractivity contribution in [1.82, 2.24) is 5.32 Å². The van der Waals surface area contributed by atoms with E-state index in [1.54, 1.807) is 0 Å². The lowest BCUT2D eigenvalue weighted by Crippen LogP contribution is -3.14. The Labute approximate surface area is 137 Å². The van der Waals surface area contributed by atoms with E-state index in [1.165, 1.54) is 17.7 Å². The second-order valence-electron chi connectivity index (χ2n) is 6.80. The third kappa shape index (κ3) is 4.16. The summed E-state index contributed by atoms with van der Waals surface area (Å²) in [5.74, 6) is 2.48. The number of benzene rings is 1. The topological polar surface area (TPSA) is 52.0 Å². The number of ether oxygens (including phenoxy) is 2. The van der Waals surface area contributed by atoms with Gasteiger partial charge in [-0.1, -0.05) is 13.0 Å². The predicted octanol–water partition coefficient (Wildman–Crippen LogP) is 0.950. The lowest BCUT2D eigenvalue weighted by Gasteiger charge is -2.27. The number of quaternary nitrogens is 1. The SMILES string of the molecule is CC1CC[NH+](CC(=O)N[C@@H](C)c2ccc3c(c2)OCCO3)CC1. The molecule has 1 amide bonds. The van der Waals surface area contributed by atoms with Crippen LogP contribution in [0.1, 0.15) is 38.3 Å². The number of amides is 1. The Morgan fingerprint density at radius 3 is 2.70 bits per heavy atom. The second kappa shape index (κ2) is 7.21. The van der Waals surface area contributed by atoms with Gasteiger partial charge in [-0.2, -0.15) is 0 Å². The van der Waals surface area contributed by atoms with Gasteiger partial charge >= 0.3 is 0 Å². The lowest BCUT2D eigenvalue weighted by molar-refractivity contribution is -0.898. The van der Waals surface area contributed by atoms with E-state index in [4.69, 9.17) is 9.47 Å². The zero-order chi connectivity index (χ0) is 16.2. The summed E-state index contributed by atoms with van der Waals surface area (Å²) in [6, 6.07) is 5.86. The smallest absolute Gasteiger partial charge is 0.275 e. The molecular weight excluding hydrogens is 292 g/mol. The molecule has 2 N–H and O–H groups in total. The standard InChI is InChI=1S/C18H26N2O3/c1-13-5-7-20(8-6-13)12-18(21)19-14(2)15-3-4-16-17(11-15)23-10-9-22-16/h3-4,11,13-14H,5-10,12H2,1-2H3,(H,19,21)/p+1/t14-/m0/s1. The molecule has 1 fully saturated rings. The molecule has 126 valence electrons. The fraction of sp³-hybridized carbons (Fsp3) is 0.611. The molecule has 0 saturated carbocycles. The predicted molar refractivity (Wildman–Crippen MR) is 88.0 cm³/mol. The highest BCUT2D eigenvalue weighted by atomic mass is 16.6. The van der Waals surface area contributed by atoms with Gasteiger partial charge in [-0.05, 0) is 43.4 Å². The number of hydrogen-bond acceptors (Lipinski definition) is 3. The first-order valence-electron chi connectivity index (χ1n) is 8.64. The van der Waals surface area contributed by atoms with Crippen LogP contribution < -0.4 is 19.7 Å². The van der Waals surface area contributed by atoms with Gasteiger partial charge in [-0.15, -0.1) is 0 Å². The maximum Gasteiger partial charge on any atom is 0.275 e. The zero-order valence-corrected chi connectivity index (χ0v) is 14.1. The molecule has 1 saturated heterocycles. The van der Waals surface area contributed by atoms with E-state index >= 15 is 0 Å². The van der Waals surface area contributed by atoms with Gasteiger partial charge in [0.25, 0.3) is 5.91 Å². The van der Waals surface area contributed by atoms with Crippen molar-refractivity contribution >= 4 is 5.91 Å². The molecule has 23 heavy (non-hydrogen) atoms. The monoisotopic (exact) mass is 319 g/mol. The lowest BCUT2D eigenvalue weighted by atomic mass is 9.99. The van der Waals surface area contributed by atoms with Crippen molar-refractivity contribution in [2.24, 2.45) is 5.92 Å². The highest BCUT2D eigenvalue weighted by Crippen LogP contribution is 2.32. The van der Waals surface area contributed by atoms with E-state index in [9.17, 15) is 4.79 Å². The minimum atomic E-state index is -0.0264. The zero-order valence-electron chi connectivity index (χ0n) is 14.1. The first kappa shape index (κ1) is 16.1. The molecule has 0 bridgehead atoms. The van der Waals surface area contributed by atoms with Crippen LogP contribution in [-0.2, 0) is 4.79 Å². The number of nitrogens with one attached hydrogen (secondary N) is 2. The van der Waals surface area contributed by atoms with Crippen LogP contribution in [-0.4, -0.2) is 38.8 Å². The van der Waals surface area contributed by atoms with Gasteiger partial charge in [-0.3, -0.25) is 4.79 Å². The van der Waals surface area contributed by atoms with Crippen LogP contribution in [0.2, 0.25) is 0 Å². The molecule has 1 aromatic carbocycles. The highest BCUT2D eigenvalue weighted by Gasteiger charge is 2.22. The van der Waals surface area contributed by atoms with Crippen molar-refractivity contribution in [1.29, 1.82) is 0 Å². The normalized spacial score (nSPS) is 24.8. The van der Waals surface area contributed by atoms with Crippen LogP contribution >= 0.6 is 0 Å². The summed E-state index contributed by atoms with van der Waals surface area (Å²) >= 11 is 0. The van der Waals surface area contributed by atoms with Gasteiger partial charge in [-0.25, -0.2) is 0 Å². The van der Waals surface area contributed by atoms with Crippen molar-refractivity contribution in [3.05, 3.63) is 23.8 Å². The quantitative estimate of drug-likeness (QED) is 0.869. The van der Waals surface area contributed by atoms with Gasteiger partial charge in [0.1, 0.15) is 13.2 Å². The van der Waals surface area contributed by atoms with Gasteiger partial charge in [0.2, 0.25) is 0 Å². The van der Waals surface area contributed by atoms with E-state index in [1.807, 2.05) is 25.1 Å². The minimum Gasteiger partial charge on any atom is -0.486 e. The van der Waals surface area contributed by atoms with Crippen molar-refractivity contribution in [2.45, 2.75) is 32.7 Å². The fourth-order valence-electron chi connectivity index (χ4n) is 3.28. The molecule has 0 aliphatic carbocycles. The fourth-order valence-corrected chi connectivity index (χ4v) is 3.28. The highest BCUT2D eigenvalue weighted by molar-refractivity contribution is 5.77. The number of hydrogen-bond donors (Lipinski definition) is 2. The van der Waals surface area contributed by atoms with Crippen molar-refractivity contribution in [3.63, 3.8) is 0 Å². The molecular formula is C18H27N2O3+. The molecule has 5 heteroatoms. The molecule has 0 radical (unpaired) electrons. The number of rotatable bonds is 4. The number of piperidine rings is 1. The van der Waals surface area contributed by atoms with Gasteiger partial charge in [0.05, 0.1) is 19.1 Å². The number of carbonyl (C=O) groups is 1. The third-order valence-corrected chi connectivity index (χ3v) is 4.84.